The van der Waals surface area contributed by atoms with Gasteiger partial charge in [-0.25, -0.2) is 0 Å². The fourth-order valence-corrected chi connectivity index (χ4v) is 2.39. The van der Waals surface area contributed by atoms with Crippen LogP contribution in [0.2, 0.25) is 5.02 Å². The number of carbonyl (C=O) groups is 1. The first kappa shape index (κ1) is 17.6. The van der Waals surface area contributed by atoms with Crippen molar-refractivity contribution < 1.29 is 19.2 Å². The van der Waals surface area contributed by atoms with E-state index < -0.39 is 10.8 Å². The van der Waals surface area contributed by atoms with Gasteiger partial charge in [0.2, 0.25) is 5.91 Å². The largest absolute Gasteiger partial charge is 0.495 e. The smallest absolute Gasteiger partial charge is 0.273 e. The van der Waals surface area contributed by atoms with E-state index >= 15 is 0 Å². The summed E-state index contributed by atoms with van der Waals surface area (Å²) in [6, 6.07) is 9.12. The van der Waals surface area contributed by atoms with Crippen molar-refractivity contribution in [2.75, 3.05) is 19.5 Å². The summed E-state index contributed by atoms with van der Waals surface area (Å²) in [6.07, 6.45) is -0.148. The molecular formula is C16H15ClN2O5. The predicted molar refractivity (Wildman–Crippen MR) is 90.0 cm³/mol. The lowest BCUT2D eigenvalue weighted by atomic mass is 10.1. The summed E-state index contributed by atoms with van der Waals surface area (Å²) in [7, 11) is 2.89. The molecule has 7 nitrogen and oxygen atoms in total. The van der Waals surface area contributed by atoms with Crippen molar-refractivity contribution in [2.24, 2.45) is 0 Å². The summed E-state index contributed by atoms with van der Waals surface area (Å²) in [4.78, 5) is 22.7. The molecule has 2 rings (SSSR count). The van der Waals surface area contributed by atoms with Gasteiger partial charge < -0.3 is 14.8 Å². The van der Waals surface area contributed by atoms with E-state index in [-0.39, 0.29) is 12.1 Å². The zero-order valence-corrected chi connectivity index (χ0v) is 13.8. The number of benzene rings is 2. The third kappa shape index (κ3) is 3.94. The molecule has 0 atom stereocenters. The van der Waals surface area contributed by atoms with Crippen molar-refractivity contribution in [3.05, 3.63) is 57.1 Å². The number of nitro groups is 1. The summed E-state index contributed by atoms with van der Waals surface area (Å²) in [5, 5.41) is 14.0. The second kappa shape index (κ2) is 7.65. The Hall–Kier alpha value is -2.80. The molecule has 8 heteroatoms. The molecule has 0 spiro atoms. The van der Waals surface area contributed by atoms with Gasteiger partial charge in [0, 0.05) is 23.8 Å². The van der Waals surface area contributed by atoms with Crippen LogP contribution in [0.1, 0.15) is 5.56 Å². The Labute approximate surface area is 143 Å². The molecule has 1 amide bonds. The predicted octanol–water partition coefficient (Wildman–Crippen LogP) is 3.45. The van der Waals surface area contributed by atoms with E-state index in [4.69, 9.17) is 21.1 Å². The van der Waals surface area contributed by atoms with Crippen molar-refractivity contribution in [1.82, 2.24) is 0 Å². The monoisotopic (exact) mass is 350 g/mol. The third-order valence-electron chi connectivity index (χ3n) is 3.29. The first-order chi connectivity index (χ1) is 11.5. The van der Waals surface area contributed by atoms with E-state index in [1.165, 1.54) is 38.5 Å². The van der Waals surface area contributed by atoms with Crippen LogP contribution < -0.4 is 14.8 Å². The normalized spacial score (nSPS) is 10.1. The lowest BCUT2D eigenvalue weighted by molar-refractivity contribution is -0.385. The molecular weight excluding hydrogens is 336 g/mol. The summed E-state index contributed by atoms with van der Waals surface area (Å²) in [5.41, 5.74) is 0.579. The highest BCUT2D eigenvalue weighted by molar-refractivity contribution is 6.32. The van der Waals surface area contributed by atoms with Crippen LogP contribution in [0.25, 0.3) is 0 Å². The summed E-state index contributed by atoms with van der Waals surface area (Å²) >= 11 is 6.01. The molecule has 2 aromatic rings. The second-order valence-corrected chi connectivity index (χ2v) is 5.21. The number of nitro benzene ring substituents is 1. The maximum Gasteiger partial charge on any atom is 0.273 e. The van der Waals surface area contributed by atoms with Crippen LogP contribution in [0, 0.1) is 10.1 Å². The van der Waals surface area contributed by atoms with Crippen LogP contribution in [0.5, 0.6) is 11.5 Å². The molecule has 0 heterocycles. The van der Waals surface area contributed by atoms with Gasteiger partial charge in [0.25, 0.3) is 5.69 Å². The Morgan fingerprint density at radius 3 is 2.50 bits per heavy atom. The molecule has 0 fully saturated rings. The molecule has 24 heavy (non-hydrogen) atoms. The summed E-state index contributed by atoms with van der Waals surface area (Å²) < 4.78 is 10.3. The van der Waals surface area contributed by atoms with Gasteiger partial charge in [-0.1, -0.05) is 29.8 Å². The second-order valence-electron chi connectivity index (χ2n) is 4.80. The Morgan fingerprint density at radius 2 is 1.88 bits per heavy atom. The van der Waals surface area contributed by atoms with Gasteiger partial charge in [0.05, 0.1) is 36.3 Å². The maximum absolute atomic E-state index is 12.2. The van der Waals surface area contributed by atoms with E-state index in [0.717, 1.165) is 0 Å². The first-order valence-corrected chi connectivity index (χ1v) is 7.27. The Bertz CT molecular complexity index is 779. The number of nitrogens with one attached hydrogen (secondary N) is 1. The highest BCUT2D eigenvalue weighted by Gasteiger charge is 2.17. The van der Waals surface area contributed by atoms with E-state index in [2.05, 4.69) is 5.32 Å². The maximum atomic E-state index is 12.2. The molecule has 0 unspecified atom stereocenters. The highest BCUT2D eigenvalue weighted by Crippen LogP contribution is 2.36. The number of rotatable bonds is 6. The van der Waals surface area contributed by atoms with Crippen LogP contribution >= 0.6 is 11.6 Å². The molecule has 126 valence electrons. The Morgan fingerprint density at radius 1 is 1.21 bits per heavy atom. The molecule has 1 N–H and O–H groups in total. The number of para-hydroxylation sites is 1. The van der Waals surface area contributed by atoms with E-state index in [9.17, 15) is 14.9 Å². The minimum Gasteiger partial charge on any atom is -0.495 e. The molecule has 0 aliphatic carbocycles. The van der Waals surface area contributed by atoms with Crippen LogP contribution in [0.15, 0.2) is 36.4 Å². The number of carbonyl (C=O) groups excluding carboxylic acids is 1. The molecule has 0 aromatic heterocycles. The third-order valence-corrected chi connectivity index (χ3v) is 3.58. The summed E-state index contributed by atoms with van der Waals surface area (Å²) in [6.45, 7) is 0. The van der Waals surface area contributed by atoms with Gasteiger partial charge in [-0.3, -0.25) is 14.9 Å². The Balaban J connectivity index is 2.23. The Kier molecular flexibility index (Phi) is 5.59. The van der Waals surface area contributed by atoms with Crippen molar-refractivity contribution >= 4 is 28.9 Å². The number of nitrogens with zero attached hydrogens (tertiary/aromatic N) is 1. The van der Waals surface area contributed by atoms with Gasteiger partial charge >= 0.3 is 0 Å². The number of amides is 1. The number of hydrogen-bond donors (Lipinski definition) is 1. The van der Waals surface area contributed by atoms with E-state index in [0.29, 0.717) is 27.8 Å². The zero-order chi connectivity index (χ0) is 17.7. The minimum atomic E-state index is -0.519. The lowest BCUT2D eigenvalue weighted by Crippen LogP contribution is -2.16. The topological polar surface area (TPSA) is 90.7 Å². The van der Waals surface area contributed by atoms with Gasteiger partial charge in [-0.05, 0) is 0 Å². The number of halogens is 1. The standard InChI is InChI=1S/C16H15ClN2O5/c1-23-14-9-12(15(24-2)8-11(14)17)18-16(20)7-10-5-3-4-6-13(10)19(21)22/h3-6,8-9H,7H2,1-2H3,(H,18,20). The number of methoxy groups -OCH3 is 2. The molecule has 0 saturated carbocycles. The molecule has 0 radical (unpaired) electrons. The number of ether oxygens (including phenoxy) is 2. The molecule has 0 saturated heterocycles. The fraction of sp³-hybridized carbons (Fsp3) is 0.188. The SMILES string of the molecule is COc1cc(NC(=O)Cc2ccccc2[N+](=O)[O-])c(OC)cc1Cl. The van der Waals surface area contributed by atoms with Crippen LogP contribution in [0.3, 0.4) is 0 Å². The number of hydrogen-bond acceptors (Lipinski definition) is 5. The molecule has 0 aliphatic heterocycles. The molecule has 2 aromatic carbocycles. The lowest BCUT2D eigenvalue weighted by Gasteiger charge is -2.13. The van der Waals surface area contributed by atoms with Crippen molar-refractivity contribution in [1.29, 1.82) is 0 Å². The quantitative estimate of drug-likeness (QED) is 0.636. The van der Waals surface area contributed by atoms with Gasteiger partial charge in [0.15, 0.2) is 0 Å². The fourth-order valence-electron chi connectivity index (χ4n) is 2.16. The van der Waals surface area contributed by atoms with Crippen LogP contribution in [-0.4, -0.2) is 25.1 Å². The average molecular weight is 351 g/mol. The van der Waals surface area contributed by atoms with Gasteiger partial charge in [0.1, 0.15) is 11.5 Å². The first-order valence-electron chi connectivity index (χ1n) is 6.90. The number of anilines is 1. The van der Waals surface area contributed by atoms with Crippen LogP contribution in [-0.2, 0) is 11.2 Å². The van der Waals surface area contributed by atoms with E-state index in [1.54, 1.807) is 12.1 Å². The van der Waals surface area contributed by atoms with Gasteiger partial charge in [-0.15, -0.1) is 0 Å². The average Bonchev–Trinajstić information content (AvgIpc) is 2.56. The minimum absolute atomic E-state index is 0.103. The van der Waals surface area contributed by atoms with Gasteiger partial charge in [-0.2, -0.15) is 0 Å². The highest BCUT2D eigenvalue weighted by atomic mass is 35.5. The van der Waals surface area contributed by atoms with E-state index in [1.807, 2.05) is 0 Å². The summed E-state index contributed by atoms with van der Waals surface area (Å²) in [5.74, 6) is 0.308. The molecule has 0 bridgehead atoms. The zero-order valence-electron chi connectivity index (χ0n) is 13.0. The van der Waals surface area contributed by atoms with Crippen molar-refractivity contribution in [3.63, 3.8) is 0 Å². The van der Waals surface area contributed by atoms with Crippen molar-refractivity contribution in [2.45, 2.75) is 6.42 Å². The molecule has 0 aliphatic rings. The van der Waals surface area contributed by atoms with Crippen LogP contribution in [0.4, 0.5) is 11.4 Å². The van der Waals surface area contributed by atoms with Crippen molar-refractivity contribution in [3.8, 4) is 11.5 Å².